The Kier molecular flexibility index (Phi) is 5.01. The Morgan fingerprint density at radius 2 is 1.94 bits per heavy atom. The molecule has 3 amide bonds. The topological polar surface area (TPSA) is 87.7 Å². The maximum absolute atomic E-state index is 12.8. The first-order chi connectivity index (χ1) is 15.5. The van der Waals surface area contributed by atoms with Gasteiger partial charge in [0.15, 0.2) is 0 Å². The number of ether oxygens (including phenoxy) is 1. The van der Waals surface area contributed by atoms with Crippen molar-refractivity contribution in [3.05, 3.63) is 71.3 Å². The molecule has 2 aliphatic rings. The summed E-state index contributed by atoms with van der Waals surface area (Å²) in [6, 6.07) is 17.2. The van der Waals surface area contributed by atoms with E-state index in [9.17, 15) is 14.4 Å². The minimum atomic E-state index is -0.606. The van der Waals surface area contributed by atoms with Crippen LogP contribution in [0.2, 0.25) is 0 Å². The second-order valence-electron chi connectivity index (χ2n) is 8.10. The molecule has 0 bridgehead atoms. The number of methoxy groups -OCH3 is 1. The number of nitrogens with one attached hydrogen (secondary N) is 2. The van der Waals surface area contributed by atoms with Gasteiger partial charge in [-0.05, 0) is 35.6 Å². The predicted molar refractivity (Wildman–Crippen MR) is 120 cm³/mol. The SMILES string of the molecule is COc1c(CNc2ccc3c(c2)CN(C2CCC(=O)NC2=O)C3=O)ccc2ccccc12. The van der Waals surface area contributed by atoms with Gasteiger partial charge < -0.3 is 15.0 Å². The number of nitrogens with zero attached hydrogens (tertiary/aromatic N) is 1. The zero-order valence-corrected chi connectivity index (χ0v) is 17.7. The summed E-state index contributed by atoms with van der Waals surface area (Å²) >= 11 is 0. The van der Waals surface area contributed by atoms with Crippen LogP contribution in [0.3, 0.4) is 0 Å². The highest BCUT2D eigenvalue weighted by Crippen LogP contribution is 2.32. The van der Waals surface area contributed by atoms with Crippen LogP contribution >= 0.6 is 0 Å². The van der Waals surface area contributed by atoms with Gasteiger partial charge in [0.1, 0.15) is 11.8 Å². The van der Waals surface area contributed by atoms with Crippen molar-refractivity contribution in [2.45, 2.75) is 32.0 Å². The number of imide groups is 1. The van der Waals surface area contributed by atoms with Gasteiger partial charge in [0.2, 0.25) is 11.8 Å². The fourth-order valence-electron chi connectivity index (χ4n) is 4.55. The molecule has 2 N–H and O–H groups in total. The van der Waals surface area contributed by atoms with E-state index in [4.69, 9.17) is 4.74 Å². The molecule has 2 heterocycles. The Hall–Kier alpha value is -3.87. The normalized spacial score (nSPS) is 18.0. The van der Waals surface area contributed by atoms with Crippen LogP contribution in [0.1, 0.15) is 34.3 Å². The Morgan fingerprint density at radius 1 is 1.09 bits per heavy atom. The Balaban J connectivity index is 1.33. The van der Waals surface area contributed by atoms with Crippen molar-refractivity contribution >= 4 is 34.2 Å². The first-order valence-electron chi connectivity index (χ1n) is 10.6. The molecule has 1 unspecified atom stereocenters. The van der Waals surface area contributed by atoms with Crippen molar-refractivity contribution in [3.63, 3.8) is 0 Å². The van der Waals surface area contributed by atoms with Crippen molar-refractivity contribution in [1.82, 2.24) is 10.2 Å². The maximum atomic E-state index is 12.8. The number of carbonyl (C=O) groups is 3. The van der Waals surface area contributed by atoms with E-state index in [1.54, 1.807) is 18.1 Å². The molecule has 162 valence electrons. The van der Waals surface area contributed by atoms with E-state index in [1.165, 1.54) is 0 Å². The minimum absolute atomic E-state index is 0.169. The summed E-state index contributed by atoms with van der Waals surface area (Å²) in [6.45, 7) is 0.923. The summed E-state index contributed by atoms with van der Waals surface area (Å²) in [5.74, 6) is -0.0108. The van der Waals surface area contributed by atoms with Gasteiger partial charge in [-0.25, -0.2) is 0 Å². The highest BCUT2D eigenvalue weighted by Gasteiger charge is 2.39. The van der Waals surface area contributed by atoms with Gasteiger partial charge in [0, 0.05) is 41.7 Å². The molecule has 5 rings (SSSR count). The average Bonchev–Trinajstić information content (AvgIpc) is 3.12. The Bertz CT molecular complexity index is 1250. The van der Waals surface area contributed by atoms with E-state index >= 15 is 0 Å². The van der Waals surface area contributed by atoms with Gasteiger partial charge >= 0.3 is 0 Å². The van der Waals surface area contributed by atoms with E-state index in [2.05, 4.69) is 28.8 Å². The van der Waals surface area contributed by atoms with Crippen LogP contribution in [0, 0.1) is 0 Å². The highest BCUT2D eigenvalue weighted by molar-refractivity contribution is 6.05. The standard InChI is InChI=1S/C25H23N3O4/c1-32-23-16(7-6-15-4-2-3-5-19(15)23)13-26-18-8-9-20-17(12-18)14-28(25(20)31)21-10-11-22(29)27-24(21)30/h2-9,12,21,26H,10-11,13-14H2,1H3,(H,27,29,30). The molecule has 1 atom stereocenters. The van der Waals surface area contributed by atoms with Gasteiger partial charge in [0.25, 0.3) is 5.91 Å². The molecule has 0 spiro atoms. The largest absolute Gasteiger partial charge is 0.496 e. The molecular formula is C25H23N3O4. The molecule has 0 aliphatic carbocycles. The van der Waals surface area contributed by atoms with Crippen molar-refractivity contribution in [2.75, 3.05) is 12.4 Å². The molecule has 0 aromatic heterocycles. The average molecular weight is 429 g/mol. The van der Waals surface area contributed by atoms with Gasteiger partial charge in [0.05, 0.1) is 7.11 Å². The lowest BCUT2D eigenvalue weighted by molar-refractivity contribution is -0.136. The van der Waals surface area contributed by atoms with Crippen LogP contribution in [-0.4, -0.2) is 35.8 Å². The van der Waals surface area contributed by atoms with Gasteiger partial charge in [-0.15, -0.1) is 0 Å². The summed E-state index contributed by atoms with van der Waals surface area (Å²) in [7, 11) is 1.68. The lowest BCUT2D eigenvalue weighted by Gasteiger charge is -2.29. The van der Waals surface area contributed by atoms with Crippen LogP contribution in [0.15, 0.2) is 54.6 Å². The van der Waals surface area contributed by atoms with E-state index in [0.29, 0.717) is 25.1 Å². The summed E-state index contributed by atoms with van der Waals surface area (Å²) in [5, 5.41) is 7.94. The van der Waals surface area contributed by atoms with Crippen molar-refractivity contribution in [3.8, 4) is 5.75 Å². The van der Waals surface area contributed by atoms with Crippen molar-refractivity contribution < 1.29 is 19.1 Å². The zero-order chi connectivity index (χ0) is 22.2. The Morgan fingerprint density at radius 3 is 2.75 bits per heavy atom. The fraction of sp³-hybridized carbons (Fsp3) is 0.240. The second-order valence-corrected chi connectivity index (χ2v) is 8.10. The molecule has 1 saturated heterocycles. The third-order valence-electron chi connectivity index (χ3n) is 6.17. The monoisotopic (exact) mass is 429 g/mol. The smallest absolute Gasteiger partial charge is 0.255 e. The quantitative estimate of drug-likeness (QED) is 0.608. The van der Waals surface area contributed by atoms with Gasteiger partial charge in [-0.3, -0.25) is 19.7 Å². The van der Waals surface area contributed by atoms with Crippen LogP contribution in [-0.2, 0) is 22.7 Å². The van der Waals surface area contributed by atoms with Crippen LogP contribution in [0.4, 0.5) is 5.69 Å². The van der Waals surface area contributed by atoms with E-state index in [1.807, 2.05) is 30.3 Å². The third kappa shape index (κ3) is 3.45. The first kappa shape index (κ1) is 20.1. The third-order valence-corrected chi connectivity index (χ3v) is 6.17. The summed E-state index contributed by atoms with van der Waals surface area (Å²) in [4.78, 5) is 38.1. The van der Waals surface area contributed by atoms with E-state index < -0.39 is 11.9 Å². The van der Waals surface area contributed by atoms with Gasteiger partial charge in [-0.1, -0.05) is 36.4 Å². The number of hydrogen-bond acceptors (Lipinski definition) is 5. The summed E-state index contributed by atoms with van der Waals surface area (Å²) in [6.07, 6.45) is 0.605. The summed E-state index contributed by atoms with van der Waals surface area (Å²) < 4.78 is 5.68. The number of hydrogen-bond donors (Lipinski definition) is 2. The predicted octanol–water partition coefficient (Wildman–Crippen LogP) is 3.22. The van der Waals surface area contributed by atoms with Crippen molar-refractivity contribution in [1.29, 1.82) is 0 Å². The molecule has 2 aliphatic heterocycles. The molecule has 0 radical (unpaired) electrons. The Labute approximate surface area is 185 Å². The van der Waals surface area contributed by atoms with E-state index in [0.717, 1.165) is 33.3 Å². The number of piperidine rings is 1. The van der Waals surface area contributed by atoms with Crippen LogP contribution in [0.5, 0.6) is 5.75 Å². The number of fused-ring (bicyclic) bond motifs is 2. The zero-order valence-electron chi connectivity index (χ0n) is 17.7. The number of amides is 3. The molecule has 1 fully saturated rings. The minimum Gasteiger partial charge on any atom is -0.496 e. The molecule has 7 heteroatoms. The number of anilines is 1. The lowest BCUT2D eigenvalue weighted by Crippen LogP contribution is -2.52. The van der Waals surface area contributed by atoms with Crippen LogP contribution < -0.4 is 15.4 Å². The first-order valence-corrected chi connectivity index (χ1v) is 10.6. The maximum Gasteiger partial charge on any atom is 0.255 e. The number of carbonyl (C=O) groups excluding carboxylic acids is 3. The fourth-order valence-corrected chi connectivity index (χ4v) is 4.55. The number of benzene rings is 3. The van der Waals surface area contributed by atoms with E-state index in [-0.39, 0.29) is 18.2 Å². The van der Waals surface area contributed by atoms with Crippen LogP contribution in [0.25, 0.3) is 10.8 Å². The molecule has 0 saturated carbocycles. The molecule has 7 nitrogen and oxygen atoms in total. The molecule has 3 aromatic carbocycles. The molecule has 3 aromatic rings. The molecular weight excluding hydrogens is 406 g/mol. The lowest BCUT2D eigenvalue weighted by atomic mass is 10.0. The highest BCUT2D eigenvalue weighted by atomic mass is 16.5. The summed E-state index contributed by atoms with van der Waals surface area (Å²) in [5.41, 5.74) is 3.39. The number of rotatable bonds is 5. The van der Waals surface area contributed by atoms with Gasteiger partial charge in [-0.2, -0.15) is 0 Å². The second kappa shape index (κ2) is 8.00. The van der Waals surface area contributed by atoms with Crippen molar-refractivity contribution in [2.24, 2.45) is 0 Å². The molecule has 32 heavy (non-hydrogen) atoms.